The van der Waals surface area contributed by atoms with Crippen LogP contribution < -0.4 is 15.4 Å². The number of hydrogen-bond donors (Lipinski definition) is 3. The zero-order valence-corrected chi connectivity index (χ0v) is 16.8. The van der Waals surface area contributed by atoms with Crippen LogP contribution in [0.4, 0.5) is 0 Å². The van der Waals surface area contributed by atoms with Crippen molar-refractivity contribution in [2.45, 2.75) is 25.2 Å². The van der Waals surface area contributed by atoms with Gasteiger partial charge < -0.3 is 10.6 Å². The van der Waals surface area contributed by atoms with Crippen LogP contribution in [0.1, 0.15) is 17.4 Å². The lowest BCUT2D eigenvalue weighted by molar-refractivity contribution is 0.582. The van der Waals surface area contributed by atoms with Crippen LogP contribution in [0.15, 0.2) is 51.7 Å². The van der Waals surface area contributed by atoms with Crippen molar-refractivity contribution >= 4 is 27.3 Å². The molecule has 0 unspecified atom stereocenters. The lowest BCUT2D eigenvalue weighted by atomic mass is 10.2. The van der Waals surface area contributed by atoms with E-state index in [9.17, 15) is 8.42 Å². The van der Waals surface area contributed by atoms with Crippen LogP contribution in [0, 0.1) is 6.92 Å². The molecule has 0 amide bonds. The van der Waals surface area contributed by atoms with E-state index in [1.165, 1.54) is 4.88 Å². The van der Waals surface area contributed by atoms with Crippen molar-refractivity contribution in [2.24, 2.45) is 4.99 Å². The number of rotatable bonds is 9. The fourth-order valence-electron chi connectivity index (χ4n) is 2.25. The molecule has 0 radical (unpaired) electrons. The Bertz CT molecular complexity index is 785. The first kappa shape index (κ1) is 20.4. The summed E-state index contributed by atoms with van der Waals surface area (Å²) >= 11 is 1.73. The zero-order valence-electron chi connectivity index (χ0n) is 15.2. The largest absolute Gasteiger partial charge is 0.357 e. The van der Waals surface area contributed by atoms with Gasteiger partial charge in [0.2, 0.25) is 10.0 Å². The minimum atomic E-state index is -3.49. The van der Waals surface area contributed by atoms with Crippen LogP contribution >= 0.6 is 11.3 Å². The summed E-state index contributed by atoms with van der Waals surface area (Å²) in [5.41, 5.74) is 1.03. The summed E-state index contributed by atoms with van der Waals surface area (Å²) in [5.74, 6) is 0.693. The highest BCUT2D eigenvalue weighted by Gasteiger charge is 2.12. The fraction of sp³-hybridized carbons (Fsp3) is 0.389. The molecular weight excluding hydrogens is 368 g/mol. The predicted molar refractivity (Wildman–Crippen MR) is 108 cm³/mol. The van der Waals surface area contributed by atoms with Gasteiger partial charge in [0.05, 0.1) is 11.4 Å². The normalized spacial score (nSPS) is 12.2. The maximum atomic E-state index is 12.2. The molecule has 1 aromatic carbocycles. The zero-order chi connectivity index (χ0) is 18.8. The standard InChI is InChI=1S/C18H26N4O2S2/c1-3-19-18(20-11-10-16-5-4-14-25-16)21-12-13-22-26(23,24)17-8-6-15(2)7-9-17/h4-9,14,22H,3,10-13H2,1-2H3,(H2,19,20,21). The molecule has 0 aliphatic rings. The molecule has 0 saturated carbocycles. The van der Waals surface area contributed by atoms with Crippen LogP contribution in [0.5, 0.6) is 0 Å². The molecule has 0 bridgehead atoms. The Morgan fingerprint density at radius 3 is 2.54 bits per heavy atom. The molecule has 6 nitrogen and oxygen atoms in total. The minimum absolute atomic E-state index is 0.248. The van der Waals surface area contributed by atoms with Gasteiger partial charge in [-0.25, -0.2) is 13.1 Å². The monoisotopic (exact) mass is 394 g/mol. The molecule has 0 fully saturated rings. The summed E-state index contributed by atoms with van der Waals surface area (Å²) in [7, 11) is -3.49. The smallest absolute Gasteiger partial charge is 0.240 e. The van der Waals surface area contributed by atoms with Gasteiger partial charge >= 0.3 is 0 Å². The Hall–Kier alpha value is -1.90. The summed E-state index contributed by atoms with van der Waals surface area (Å²) in [4.78, 5) is 6.00. The quantitative estimate of drug-likeness (QED) is 0.346. The molecule has 3 N–H and O–H groups in total. The van der Waals surface area contributed by atoms with Gasteiger partial charge in [0.25, 0.3) is 0 Å². The number of nitrogens with zero attached hydrogens (tertiary/aromatic N) is 1. The maximum absolute atomic E-state index is 12.2. The number of benzene rings is 1. The molecule has 0 saturated heterocycles. The molecule has 0 aliphatic heterocycles. The SMILES string of the molecule is CCNC(=NCCNS(=O)(=O)c1ccc(C)cc1)NCCc1cccs1. The average Bonchev–Trinajstić information content (AvgIpc) is 3.12. The summed E-state index contributed by atoms with van der Waals surface area (Å²) < 4.78 is 27.0. The van der Waals surface area contributed by atoms with E-state index >= 15 is 0 Å². The van der Waals surface area contributed by atoms with Gasteiger partial charge in [0.1, 0.15) is 0 Å². The number of aliphatic imine (C=N–C) groups is 1. The molecule has 1 heterocycles. The molecule has 142 valence electrons. The van der Waals surface area contributed by atoms with E-state index in [-0.39, 0.29) is 11.4 Å². The first-order valence-electron chi connectivity index (χ1n) is 8.62. The first-order chi connectivity index (χ1) is 12.5. The fourth-order valence-corrected chi connectivity index (χ4v) is 3.98. The lowest BCUT2D eigenvalue weighted by Gasteiger charge is -2.11. The average molecular weight is 395 g/mol. The van der Waals surface area contributed by atoms with Crippen molar-refractivity contribution in [1.29, 1.82) is 0 Å². The molecule has 1 aromatic heterocycles. The van der Waals surface area contributed by atoms with Crippen LogP contribution in [-0.2, 0) is 16.4 Å². The summed E-state index contributed by atoms with van der Waals surface area (Å²) in [6.45, 7) is 6.06. The Balaban J connectivity index is 1.80. The number of nitrogens with one attached hydrogen (secondary N) is 3. The summed E-state index contributed by atoms with van der Waals surface area (Å²) in [5, 5.41) is 8.49. The molecule has 0 spiro atoms. The number of aryl methyl sites for hydroxylation is 1. The molecular formula is C18H26N4O2S2. The first-order valence-corrected chi connectivity index (χ1v) is 11.0. The second-order valence-electron chi connectivity index (χ2n) is 5.73. The van der Waals surface area contributed by atoms with Crippen molar-refractivity contribution in [3.05, 3.63) is 52.2 Å². The second kappa shape index (κ2) is 10.3. The highest BCUT2D eigenvalue weighted by molar-refractivity contribution is 7.89. The van der Waals surface area contributed by atoms with Crippen LogP contribution in [0.3, 0.4) is 0 Å². The number of sulfonamides is 1. The Morgan fingerprint density at radius 1 is 1.12 bits per heavy atom. The van der Waals surface area contributed by atoms with E-state index in [0.29, 0.717) is 12.5 Å². The Morgan fingerprint density at radius 2 is 1.88 bits per heavy atom. The van der Waals surface area contributed by atoms with Crippen LogP contribution in [0.2, 0.25) is 0 Å². The topological polar surface area (TPSA) is 82.6 Å². The van der Waals surface area contributed by atoms with Gasteiger partial charge in [-0.3, -0.25) is 4.99 Å². The lowest BCUT2D eigenvalue weighted by Crippen LogP contribution is -2.39. The van der Waals surface area contributed by atoms with Gasteiger partial charge in [-0.15, -0.1) is 11.3 Å². The maximum Gasteiger partial charge on any atom is 0.240 e. The second-order valence-corrected chi connectivity index (χ2v) is 8.53. The molecule has 8 heteroatoms. The van der Waals surface area contributed by atoms with Gasteiger partial charge in [-0.2, -0.15) is 0 Å². The number of guanidine groups is 1. The van der Waals surface area contributed by atoms with Gasteiger partial charge in [-0.1, -0.05) is 23.8 Å². The van der Waals surface area contributed by atoms with E-state index < -0.39 is 10.0 Å². The third kappa shape index (κ3) is 6.78. The van der Waals surface area contributed by atoms with Crippen molar-refractivity contribution in [3.63, 3.8) is 0 Å². The third-order valence-electron chi connectivity index (χ3n) is 3.59. The van der Waals surface area contributed by atoms with Gasteiger partial charge in [0, 0.05) is 24.5 Å². The van der Waals surface area contributed by atoms with Crippen LogP contribution in [-0.4, -0.2) is 40.6 Å². The molecule has 0 atom stereocenters. The van der Waals surface area contributed by atoms with Gasteiger partial charge in [-0.05, 0) is 43.8 Å². The molecule has 2 aromatic rings. The molecule has 26 heavy (non-hydrogen) atoms. The van der Waals surface area contributed by atoms with E-state index in [4.69, 9.17) is 0 Å². The minimum Gasteiger partial charge on any atom is -0.357 e. The molecule has 0 aliphatic carbocycles. The van der Waals surface area contributed by atoms with E-state index in [0.717, 1.165) is 25.1 Å². The van der Waals surface area contributed by atoms with E-state index in [1.807, 2.05) is 19.9 Å². The van der Waals surface area contributed by atoms with E-state index in [1.54, 1.807) is 35.6 Å². The van der Waals surface area contributed by atoms with E-state index in [2.05, 4.69) is 31.8 Å². The van der Waals surface area contributed by atoms with Crippen LogP contribution in [0.25, 0.3) is 0 Å². The van der Waals surface area contributed by atoms with Crippen molar-refractivity contribution in [1.82, 2.24) is 15.4 Å². The third-order valence-corrected chi connectivity index (χ3v) is 6.01. The highest BCUT2D eigenvalue weighted by atomic mass is 32.2. The highest BCUT2D eigenvalue weighted by Crippen LogP contribution is 2.09. The Labute approximate surface area is 159 Å². The summed E-state index contributed by atoms with van der Waals surface area (Å²) in [6.07, 6.45) is 0.933. The van der Waals surface area contributed by atoms with Gasteiger partial charge in [0.15, 0.2) is 5.96 Å². The Kier molecular flexibility index (Phi) is 8.08. The van der Waals surface area contributed by atoms with Crippen molar-refractivity contribution in [2.75, 3.05) is 26.2 Å². The van der Waals surface area contributed by atoms with Crippen molar-refractivity contribution < 1.29 is 8.42 Å². The van der Waals surface area contributed by atoms with Crippen molar-refractivity contribution in [3.8, 4) is 0 Å². The molecule has 2 rings (SSSR count). The number of hydrogen-bond acceptors (Lipinski definition) is 4. The summed E-state index contributed by atoms with van der Waals surface area (Å²) in [6, 6.07) is 10.9. The number of thiophene rings is 1. The predicted octanol–water partition coefficient (Wildman–Crippen LogP) is 2.13.